The lowest BCUT2D eigenvalue weighted by Crippen LogP contribution is -2.43. The molecule has 0 radical (unpaired) electrons. The number of carbonyl (C=O) groups excluding carboxylic acids is 1. The van der Waals surface area contributed by atoms with E-state index in [2.05, 4.69) is 10.1 Å². The third-order valence-electron chi connectivity index (χ3n) is 4.70. The maximum atomic E-state index is 12.7. The summed E-state index contributed by atoms with van der Waals surface area (Å²) in [6, 6.07) is 1.69. The molecule has 23 heavy (non-hydrogen) atoms. The molecule has 3 heterocycles. The number of likely N-dealkylation sites (tertiary alicyclic amines) is 1. The number of ether oxygens (including phenoxy) is 2. The van der Waals surface area contributed by atoms with Gasteiger partial charge in [-0.15, -0.1) is 0 Å². The van der Waals surface area contributed by atoms with E-state index >= 15 is 0 Å². The van der Waals surface area contributed by atoms with Crippen molar-refractivity contribution in [2.24, 2.45) is 5.41 Å². The highest BCUT2D eigenvalue weighted by Gasteiger charge is 2.42. The molecule has 1 atom stereocenters. The molecule has 7 nitrogen and oxygen atoms in total. The molecule has 2 aliphatic heterocycles. The molecule has 0 aliphatic carbocycles. The molecule has 1 spiro atoms. The Labute approximate surface area is 136 Å². The van der Waals surface area contributed by atoms with E-state index in [4.69, 9.17) is 14.0 Å². The first-order valence-electron chi connectivity index (χ1n) is 8.14. The number of rotatable bonds is 4. The van der Waals surface area contributed by atoms with Crippen LogP contribution >= 0.6 is 0 Å². The minimum Gasteiger partial charge on any atom is -0.383 e. The number of amides is 1. The molecule has 1 aromatic heterocycles. The maximum Gasteiger partial charge on any atom is 0.276 e. The number of hydrogen-bond donors (Lipinski definition) is 0. The molecule has 0 unspecified atom stereocenters. The fourth-order valence-electron chi connectivity index (χ4n) is 3.48. The Morgan fingerprint density at radius 1 is 1.43 bits per heavy atom. The number of aromatic nitrogens is 1. The number of aryl methyl sites for hydroxylation is 1. The number of nitrogens with zero attached hydrogens (tertiary/aromatic N) is 3. The van der Waals surface area contributed by atoms with Gasteiger partial charge >= 0.3 is 0 Å². The van der Waals surface area contributed by atoms with Crippen LogP contribution in [0.1, 0.15) is 22.7 Å². The van der Waals surface area contributed by atoms with Gasteiger partial charge in [0.25, 0.3) is 5.91 Å². The summed E-state index contributed by atoms with van der Waals surface area (Å²) in [5.41, 5.74) is 0.396. The van der Waals surface area contributed by atoms with E-state index in [1.807, 2.05) is 4.90 Å². The van der Waals surface area contributed by atoms with Gasteiger partial charge in [0, 0.05) is 44.8 Å². The molecular weight excluding hydrogens is 298 g/mol. The van der Waals surface area contributed by atoms with Crippen LogP contribution in [-0.2, 0) is 9.47 Å². The van der Waals surface area contributed by atoms with Gasteiger partial charge in [-0.2, -0.15) is 0 Å². The third kappa shape index (κ3) is 3.73. The fourth-order valence-corrected chi connectivity index (χ4v) is 3.48. The minimum absolute atomic E-state index is 0.0126. The summed E-state index contributed by atoms with van der Waals surface area (Å²) < 4.78 is 16.0. The summed E-state index contributed by atoms with van der Waals surface area (Å²) in [5.74, 6) is 0.586. The lowest BCUT2D eigenvalue weighted by atomic mass is 9.87. The Bertz CT molecular complexity index is 547. The standard InChI is InChI=1S/C16H25N3O4/c1-13-9-14(17-23-13)15(20)19-6-8-22-12-16(11-19)3-4-18(10-16)5-7-21-2/h9H,3-8,10-12H2,1-2H3/t16-/m0/s1. The van der Waals surface area contributed by atoms with Crippen LogP contribution in [0.15, 0.2) is 10.6 Å². The zero-order valence-corrected chi connectivity index (χ0v) is 13.9. The van der Waals surface area contributed by atoms with E-state index in [9.17, 15) is 4.79 Å². The number of carbonyl (C=O) groups is 1. The fraction of sp³-hybridized carbons (Fsp3) is 0.750. The highest BCUT2D eigenvalue weighted by atomic mass is 16.5. The third-order valence-corrected chi connectivity index (χ3v) is 4.70. The smallest absolute Gasteiger partial charge is 0.276 e. The van der Waals surface area contributed by atoms with E-state index in [1.54, 1.807) is 20.1 Å². The van der Waals surface area contributed by atoms with E-state index in [-0.39, 0.29) is 11.3 Å². The van der Waals surface area contributed by atoms with Crippen molar-refractivity contribution in [2.75, 3.05) is 59.7 Å². The average molecular weight is 323 g/mol. The van der Waals surface area contributed by atoms with Crippen molar-refractivity contribution < 1.29 is 18.8 Å². The van der Waals surface area contributed by atoms with Crippen molar-refractivity contribution >= 4 is 5.91 Å². The SMILES string of the molecule is COCCN1CC[C@]2(COCCN(C(=O)c3cc(C)on3)C2)C1. The first-order valence-corrected chi connectivity index (χ1v) is 8.14. The second-order valence-electron chi connectivity index (χ2n) is 6.62. The minimum atomic E-state index is -0.0675. The molecule has 128 valence electrons. The summed E-state index contributed by atoms with van der Waals surface area (Å²) in [6.07, 6.45) is 1.04. The van der Waals surface area contributed by atoms with Crippen LogP contribution in [0, 0.1) is 12.3 Å². The summed E-state index contributed by atoms with van der Waals surface area (Å²) in [4.78, 5) is 16.9. The first kappa shape index (κ1) is 16.4. The Kier molecular flexibility index (Phi) is 4.99. The van der Waals surface area contributed by atoms with Crippen molar-refractivity contribution in [1.82, 2.24) is 15.0 Å². The van der Waals surface area contributed by atoms with Crippen molar-refractivity contribution in [3.05, 3.63) is 17.5 Å². The number of methoxy groups -OCH3 is 1. The van der Waals surface area contributed by atoms with Crippen LogP contribution < -0.4 is 0 Å². The van der Waals surface area contributed by atoms with Crippen LogP contribution in [0.3, 0.4) is 0 Å². The molecular formula is C16H25N3O4. The molecule has 0 N–H and O–H groups in total. The highest BCUT2D eigenvalue weighted by Crippen LogP contribution is 2.33. The molecule has 0 saturated carbocycles. The molecule has 1 aromatic rings. The summed E-state index contributed by atoms with van der Waals surface area (Å²) in [6.45, 7) is 8.01. The second-order valence-corrected chi connectivity index (χ2v) is 6.62. The van der Waals surface area contributed by atoms with Gasteiger partial charge in [0.05, 0.1) is 19.8 Å². The second kappa shape index (κ2) is 6.98. The molecule has 0 bridgehead atoms. The molecule has 0 aromatic carbocycles. The van der Waals surface area contributed by atoms with Crippen LogP contribution in [0.2, 0.25) is 0 Å². The molecule has 7 heteroatoms. The Hall–Kier alpha value is -1.44. The Morgan fingerprint density at radius 2 is 2.30 bits per heavy atom. The summed E-state index contributed by atoms with van der Waals surface area (Å²) in [7, 11) is 1.72. The van der Waals surface area contributed by atoms with Gasteiger partial charge in [0.1, 0.15) is 5.76 Å². The van der Waals surface area contributed by atoms with Crippen LogP contribution in [0.4, 0.5) is 0 Å². The maximum absolute atomic E-state index is 12.7. The number of hydrogen-bond acceptors (Lipinski definition) is 6. The molecule has 2 aliphatic rings. The van der Waals surface area contributed by atoms with Gasteiger partial charge in [-0.1, -0.05) is 5.16 Å². The monoisotopic (exact) mass is 323 g/mol. The summed E-state index contributed by atoms with van der Waals surface area (Å²) in [5, 5.41) is 3.86. The lowest BCUT2D eigenvalue weighted by Gasteiger charge is -2.31. The lowest BCUT2D eigenvalue weighted by molar-refractivity contribution is 0.0624. The van der Waals surface area contributed by atoms with Gasteiger partial charge in [0.15, 0.2) is 5.69 Å². The van der Waals surface area contributed by atoms with E-state index in [0.717, 1.165) is 32.7 Å². The van der Waals surface area contributed by atoms with Gasteiger partial charge in [-0.05, 0) is 19.9 Å². The molecule has 2 fully saturated rings. The zero-order chi connectivity index (χ0) is 16.3. The summed E-state index contributed by atoms with van der Waals surface area (Å²) >= 11 is 0. The van der Waals surface area contributed by atoms with Crippen molar-refractivity contribution in [2.45, 2.75) is 13.3 Å². The van der Waals surface area contributed by atoms with E-state index in [1.165, 1.54) is 0 Å². The Balaban J connectivity index is 1.68. The van der Waals surface area contributed by atoms with Crippen LogP contribution in [0.5, 0.6) is 0 Å². The predicted molar refractivity (Wildman–Crippen MR) is 83.3 cm³/mol. The van der Waals surface area contributed by atoms with Gasteiger partial charge in [-0.25, -0.2) is 0 Å². The van der Waals surface area contributed by atoms with Crippen molar-refractivity contribution in [1.29, 1.82) is 0 Å². The predicted octanol–water partition coefficient (Wildman–Crippen LogP) is 0.794. The topological polar surface area (TPSA) is 68.0 Å². The van der Waals surface area contributed by atoms with Gasteiger partial charge < -0.3 is 23.8 Å². The molecule has 2 saturated heterocycles. The first-order chi connectivity index (χ1) is 11.1. The highest BCUT2D eigenvalue weighted by molar-refractivity contribution is 5.92. The van der Waals surface area contributed by atoms with Gasteiger partial charge in [0.2, 0.25) is 0 Å². The molecule has 1 amide bonds. The molecule has 3 rings (SSSR count). The van der Waals surface area contributed by atoms with E-state index in [0.29, 0.717) is 37.8 Å². The normalized spacial score (nSPS) is 25.9. The van der Waals surface area contributed by atoms with Crippen molar-refractivity contribution in [3.8, 4) is 0 Å². The largest absolute Gasteiger partial charge is 0.383 e. The zero-order valence-electron chi connectivity index (χ0n) is 13.9. The van der Waals surface area contributed by atoms with Crippen LogP contribution in [0.25, 0.3) is 0 Å². The van der Waals surface area contributed by atoms with Gasteiger partial charge in [-0.3, -0.25) is 4.79 Å². The quantitative estimate of drug-likeness (QED) is 0.816. The Morgan fingerprint density at radius 3 is 3.04 bits per heavy atom. The average Bonchev–Trinajstić information content (AvgIpc) is 3.08. The van der Waals surface area contributed by atoms with E-state index < -0.39 is 0 Å². The van der Waals surface area contributed by atoms with Crippen LogP contribution in [-0.4, -0.2) is 80.5 Å². The van der Waals surface area contributed by atoms with Crippen molar-refractivity contribution in [3.63, 3.8) is 0 Å².